The monoisotopic (exact) mass is 478 g/mol. The van der Waals surface area contributed by atoms with Gasteiger partial charge in [-0.3, -0.25) is 9.69 Å². The van der Waals surface area contributed by atoms with E-state index in [0.29, 0.717) is 5.69 Å². The number of hydrogen-bond acceptors (Lipinski definition) is 5. The number of piperazine rings is 1. The van der Waals surface area contributed by atoms with Gasteiger partial charge < -0.3 is 10.2 Å². The van der Waals surface area contributed by atoms with Gasteiger partial charge >= 0.3 is 0 Å². The molecule has 1 fully saturated rings. The summed E-state index contributed by atoms with van der Waals surface area (Å²) in [5, 5.41) is 3.89. The number of fused-ring (bicyclic) bond motifs is 1. The van der Waals surface area contributed by atoms with Crippen molar-refractivity contribution >= 4 is 39.0 Å². The van der Waals surface area contributed by atoms with Gasteiger partial charge in [0.05, 0.1) is 10.3 Å². The van der Waals surface area contributed by atoms with Gasteiger partial charge in [0.2, 0.25) is 0 Å². The number of hydrogen-bond donors (Lipinski definition) is 1. The van der Waals surface area contributed by atoms with Gasteiger partial charge in [0.15, 0.2) is 0 Å². The Labute approximate surface area is 200 Å². The molecule has 5 nitrogen and oxygen atoms in total. The normalized spacial score (nSPS) is 14.5. The van der Waals surface area contributed by atoms with E-state index in [0.717, 1.165) is 68.7 Å². The van der Waals surface area contributed by atoms with E-state index >= 15 is 0 Å². The van der Waals surface area contributed by atoms with Gasteiger partial charge in [0.25, 0.3) is 5.91 Å². The van der Waals surface area contributed by atoms with Crippen molar-refractivity contribution in [3.05, 3.63) is 89.5 Å². The zero-order chi connectivity index (χ0) is 23.5. The molecular weight excluding hydrogens is 454 g/mol. The Morgan fingerprint density at radius 2 is 1.79 bits per heavy atom. The Morgan fingerprint density at radius 3 is 2.65 bits per heavy atom. The van der Waals surface area contributed by atoms with Crippen molar-refractivity contribution in [3.63, 3.8) is 0 Å². The number of nitrogens with one attached hydrogen (secondary N) is 1. The van der Waals surface area contributed by atoms with Crippen molar-refractivity contribution in [2.24, 2.45) is 0 Å². The summed E-state index contributed by atoms with van der Waals surface area (Å²) in [6.45, 7) is 4.69. The molecule has 1 N–H and O–H groups in total. The van der Waals surface area contributed by atoms with Gasteiger partial charge in [-0.2, -0.15) is 4.37 Å². The lowest BCUT2D eigenvalue weighted by Crippen LogP contribution is -2.47. The fraction of sp³-hybridized carbons (Fsp3) is 0.231. The Bertz CT molecular complexity index is 1320. The lowest BCUT2D eigenvalue weighted by Gasteiger charge is -2.35. The standard InChI is InChI=1S/C26H24F2N4OS/c27-19-8-9-23(28)22(17-19)26(33)29-20-5-3-4-18(16-20)10-11-31-12-14-32(15-13-31)25-21-6-1-2-7-24(21)34-30-25/h1-9,16-17H,10-15H2,(H,29,33). The number of aromatic nitrogens is 1. The van der Waals surface area contributed by atoms with Crippen molar-refractivity contribution in [3.8, 4) is 0 Å². The minimum absolute atomic E-state index is 0.309. The lowest BCUT2D eigenvalue weighted by molar-refractivity contribution is 0.102. The van der Waals surface area contributed by atoms with Crippen LogP contribution in [0.15, 0.2) is 66.7 Å². The summed E-state index contributed by atoms with van der Waals surface area (Å²) in [5.41, 5.74) is 1.33. The molecule has 174 valence electrons. The van der Waals surface area contributed by atoms with Gasteiger partial charge in [-0.15, -0.1) is 0 Å². The molecule has 34 heavy (non-hydrogen) atoms. The molecule has 0 radical (unpaired) electrons. The maximum Gasteiger partial charge on any atom is 0.258 e. The predicted molar refractivity (Wildman–Crippen MR) is 133 cm³/mol. The van der Waals surface area contributed by atoms with Crippen LogP contribution in [0.2, 0.25) is 0 Å². The predicted octanol–water partition coefficient (Wildman–Crippen LogP) is 5.19. The molecule has 0 bridgehead atoms. The zero-order valence-corrected chi connectivity index (χ0v) is 19.3. The summed E-state index contributed by atoms with van der Waals surface area (Å²) in [4.78, 5) is 17.2. The number of carbonyl (C=O) groups excluding carboxylic acids is 1. The molecule has 4 aromatic rings. The first kappa shape index (κ1) is 22.4. The number of amides is 1. The summed E-state index contributed by atoms with van der Waals surface area (Å²) < 4.78 is 33.2. The molecule has 1 aliphatic rings. The molecule has 0 atom stereocenters. The number of rotatable bonds is 6. The quantitative estimate of drug-likeness (QED) is 0.414. The fourth-order valence-electron chi connectivity index (χ4n) is 4.25. The molecule has 0 aliphatic carbocycles. The molecule has 2 heterocycles. The van der Waals surface area contributed by atoms with E-state index in [9.17, 15) is 13.6 Å². The van der Waals surface area contributed by atoms with E-state index in [-0.39, 0.29) is 5.56 Å². The van der Waals surface area contributed by atoms with Crippen LogP contribution in [-0.2, 0) is 6.42 Å². The van der Waals surface area contributed by atoms with Crippen LogP contribution in [-0.4, -0.2) is 47.9 Å². The van der Waals surface area contributed by atoms with E-state index in [1.54, 1.807) is 17.6 Å². The molecule has 1 aliphatic heterocycles. The Kier molecular flexibility index (Phi) is 6.51. The van der Waals surface area contributed by atoms with Crippen molar-refractivity contribution in [1.29, 1.82) is 0 Å². The van der Waals surface area contributed by atoms with Crippen molar-refractivity contribution in [2.45, 2.75) is 6.42 Å². The highest BCUT2D eigenvalue weighted by Crippen LogP contribution is 2.29. The molecular formula is C26H24F2N4OS. The highest BCUT2D eigenvalue weighted by molar-refractivity contribution is 7.13. The second kappa shape index (κ2) is 9.87. The molecule has 0 saturated carbocycles. The largest absolute Gasteiger partial charge is 0.353 e. The van der Waals surface area contributed by atoms with E-state index in [2.05, 4.69) is 37.7 Å². The molecule has 0 spiro atoms. The molecule has 0 unspecified atom stereocenters. The highest BCUT2D eigenvalue weighted by atomic mass is 32.1. The van der Waals surface area contributed by atoms with Crippen LogP contribution in [0.25, 0.3) is 10.1 Å². The summed E-state index contributed by atoms with van der Waals surface area (Å²) >= 11 is 1.55. The lowest BCUT2D eigenvalue weighted by atomic mass is 10.1. The van der Waals surface area contributed by atoms with Crippen LogP contribution >= 0.6 is 11.5 Å². The summed E-state index contributed by atoms with van der Waals surface area (Å²) in [6.07, 6.45) is 0.831. The SMILES string of the molecule is O=C(Nc1cccc(CCN2CCN(c3nsc4ccccc34)CC2)c1)c1cc(F)ccc1F. The number of anilines is 2. The third kappa shape index (κ3) is 4.93. The van der Waals surface area contributed by atoms with Gasteiger partial charge in [-0.05, 0) is 66.0 Å². The van der Waals surface area contributed by atoms with Crippen LogP contribution in [0.3, 0.4) is 0 Å². The van der Waals surface area contributed by atoms with Crippen molar-refractivity contribution in [1.82, 2.24) is 9.27 Å². The first-order valence-corrected chi connectivity index (χ1v) is 12.0. The van der Waals surface area contributed by atoms with Gasteiger partial charge in [0, 0.05) is 43.8 Å². The number of nitrogens with zero attached hydrogens (tertiary/aromatic N) is 3. The Balaban J connectivity index is 1.15. The molecule has 3 aromatic carbocycles. The van der Waals surface area contributed by atoms with Crippen molar-refractivity contribution < 1.29 is 13.6 Å². The maximum absolute atomic E-state index is 13.9. The second-order valence-electron chi connectivity index (χ2n) is 8.36. The molecule has 1 aromatic heterocycles. The molecule has 5 rings (SSSR count). The van der Waals surface area contributed by atoms with Crippen LogP contribution in [0.5, 0.6) is 0 Å². The number of benzene rings is 3. The van der Waals surface area contributed by atoms with Crippen LogP contribution in [0.4, 0.5) is 20.3 Å². The van der Waals surface area contributed by atoms with Gasteiger partial charge in [-0.25, -0.2) is 8.78 Å². The van der Waals surface area contributed by atoms with E-state index in [1.165, 1.54) is 10.1 Å². The smallest absolute Gasteiger partial charge is 0.258 e. The average Bonchev–Trinajstić information content (AvgIpc) is 3.29. The minimum atomic E-state index is -0.750. The minimum Gasteiger partial charge on any atom is -0.353 e. The average molecular weight is 479 g/mol. The van der Waals surface area contributed by atoms with Crippen molar-refractivity contribution in [2.75, 3.05) is 42.9 Å². The third-order valence-electron chi connectivity index (χ3n) is 6.10. The Morgan fingerprint density at radius 1 is 0.971 bits per heavy atom. The molecule has 1 amide bonds. The zero-order valence-electron chi connectivity index (χ0n) is 18.5. The number of halogens is 2. The van der Waals surface area contributed by atoms with Crippen LogP contribution < -0.4 is 10.2 Å². The first-order valence-electron chi connectivity index (χ1n) is 11.2. The van der Waals surface area contributed by atoms with E-state index < -0.39 is 17.5 Å². The highest BCUT2D eigenvalue weighted by Gasteiger charge is 2.20. The summed E-state index contributed by atoms with van der Waals surface area (Å²) in [5.74, 6) is -0.985. The summed E-state index contributed by atoms with van der Waals surface area (Å²) in [7, 11) is 0. The van der Waals surface area contributed by atoms with Crippen LogP contribution in [0, 0.1) is 11.6 Å². The third-order valence-corrected chi connectivity index (χ3v) is 6.92. The van der Waals surface area contributed by atoms with E-state index in [1.807, 2.05) is 24.3 Å². The second-order valence-corrected chi connectivity index (χ2v) is 9.16. The van der Waals surface area contributed by atoms with Crippen LogP contribution in [0.1, 0.15) is 15.9 Å². The topological polar surface area (TPSA) is 48.5 Å². The fourth-order valence-corrected chi connectivity index (χ4v) is 5.04. The summed E-state index contributed by atoms with van der Waals surface area (Å²) in [6, 6.07) is 18.7. The first-order chi connectivity index (χ1) is 16.6. The molecule has 1 saturated heterocycles. The number of carbonyl (C=O) groups is 1. The molecule has 8 heteroatoms. The Hall–Kier alpha value is -3.36. The maximum atomic E-state index is 13.9. The van der Waals surface area contributed by atoms with Gasteiger partial charge in [-0.1, -0.05) is 24.3 Å². The van der Waals surface area contributed by atoms with E-state index in [4.69, 9.17) is 0 Å². The van der Waals surface area contributed by atoms with Gasteiger partial charge in [0.1, 0.15) is 17.5 Å².